The van der Waals surface area contributed by atoms with E-state index in [1.165, 1.54) is 6.07 Å². The molecule has 2 N–H and O–H groups in total. The summed E-state index contributed by atoms with van der Waals surface area (Å²) in [4.78, 5) is 10.5. The van der Waals surface area contributed by atoms with Gasteiger partial charge < -0.3 is 10.2 Å². The van der Waals surface area contributed by atoms with Crippen LogP contribution >= 0.6 is 0 Å². The average Bonchev–Trinajstić information content (AvgIpc) is 3.27. The van der Waals surface area contributed by atoms with Crippen LogP contribution in [0.25, 0.3) is 21.8 Å². The fraction of sp³-hybridized carbons (Fsp3) is 0.211. The van der Waals surface area contributed by atoms with Crippen LogP contribution in [0, 0.1) is 5.82 Å². The minimum Gasteiger partial charge on any atom is -0.353 e. The fourth-order valence-electron chi connectivity index (χ4n) is 3.51. The molecule has 5 rings (SSSR count). The molecule has 1 fully saturated rings. The maximum atomic E-state index is 13.6. The maximum Gasteiger partial charge on any atom is 0.178 e. The predicted octanol–water partition coefficient (Wildman–Crippen LogP) is 3.94. The highest BCUT2D eigenvalue weighted by atomic mass is 19.1. The van der Waals surface area contributed by atoms with Crippen molar-refractivity contribution in [3.8, 4) is 0 Å². The topological polar surface area (TPSA) is 69.7 Å². The Bertz CT molecular complexity index is 1140. The Balaban J connectivity index is 1.49. The Morgan fingerprint density at radius 3 is 2.96 bits per heavy atom. The van der Waals surface area contributed by atoms with Gasteiger partial charge in [0.1, 0.15) is 23.3 Å². The molecule has 1 aliphatic heterocycles. The molecule has 1 atom stereocenters. The number of benzene rings is 1. The second kappa shape index (κ2) is 6.15. The Morgan fingerprint density at radius 2 is 2.11 bits per heavy atom. The normalized spacial score (nSPS) is 17.1. The van der Waals surface area contributed by atoms with Crippen molar-refractivity contribution >= 4 is 39.1 Å². The number of nitrogens with one attached hydrogen (secondary N) is 2. The molecule has 0 bridgehead atoms. The molecule has 0 radical (unpaired) electrons. The van der Waals surface area contributed by atoms with Crippen LogP contribution in [0.15, 0.2) is 42.7 Å². The number of anilines is 3. The lowest BCUT2D eigenvalue weighted by molar-refractivity contribution is 0.364. The number of hydrogen-bond acceptors (Lipinski definition) is 5. The maximum absolute atomic E-state index is 13.6. The molecule has 0 unspecified atom stereocenters. The third-order valence-corrected chi connectivity index (χ3v) is 4.80. The van der Waals surface area contributed by atoms with Crippen molar-refractivity contribution in [1.82, 2.24) is 20.2 Å². The summed E-state index contributed by atoms with van der Waals surface area (Å²) in [5, 5.41) is 12.1. The van der Waals surface area contributed by atoms with Gasteiger partial charge >= 0.3 is 0 Å². The first-order chi connectivity index (χ1) is 13.2. The minimum atomic E-state index is -0.798. The monoisotopic (exact) mass is 366 g/mol. The number of aromatic nitrogens is 4. The van der Waals surface area contributed by atoms with E-state index in [1.54, 1.807) is 6.20 Å². The third kappa shape index (κ3) is 2.83. The van der Waals surface area contributed by atoms with Crippen LogP contribution in [-0.2, 0) is 0 Å². The first-order valence-electron chi connectivity index (χ1n) is 8.72. The van der Waals surface area contributed by atoms with Crippen molar-refractivity contribution in [2.75, 3.05) is 23.3 Å². The highest BCUT2D eigenvalue weighted by molar-refractivity contribution is 5.95. The van der Waals surface area contributed by atoms with Crippen molar-refractivity contribution < 1.29 is 8.78 Å². The van der Waals surface area contributed by atoms with Gasteiger partial charge in [-0.3, -0.25) is 5.10 Å². The fourth-order valence-corrected chi connectivity index (χ4v) is 3.51. The highest BCUT2D eigenvalue weighted by Crippen LogP contribution is 2.31. The largest absolute Gasteiger partial charge is 0.353 e. The van der Waals surface area contributed by atoms with Gasteiger partial charge in [-0.1, -0.05) is 0 Å². The smallest absolute Gasteiger partial charge is 0.178 e. The van der Waals surface area contributed by atoms with Crippen LogP contribution in [0.5, 0.6) is 0 Å². The van der Waals surface area contributed by atoms with Crippen LogP contribution < -0.4 is 10.2 Å². The second-order valence-electron chi connectivity index (χ2n) is 6.65. The highest BCUT2D eigenvalue weighted by Gasteiger charge is 2.24. The molecule has 4 heterocycles. The summed E-state index contributed by atoms with van der Waals surface area (Å²) in [5.41, 5.74) is 1.92. The Morgan fingerprint density at radius 1 is 1.19 bits per heavy atom. The molecule has 4 aromatic rings. The molecule has 0 amide bonds. The summed E-state index contributed by atoms with van der Waals surface area (Å²) in [6.45, 7) is 1.06. The number of halogens is 2. The number of hydrogen-bond donors (Lipinski definition) is 2. The van der Waals surface area contributed by atoms with Crippen LogP contribution in [0.2, 0.25) is 0 Å². The zero-order valence-corrected chi connectivity index (χ0v) is 14.3. The van der Waals surface area contributed by atoms with Crippen molar-refractivity contribution in [2.45, 2.75) is 12.6 Å². The zero-order valence-electron chi connectivity index (χ0n) is 14.3. The van der Waals surface area contributed by atoms with E-state index in [2.05, 4.69) is 25.5 Å². The lowest BCUT2D eigenvalue weighted by Gasteiger charge is -2.18. The van der Waals surface area contributed by atoms with E-state index in [0.717, 1.165) is 28.5 Å². The van der Waals surface area contributed by atoms with Gasteiger partial charge in [0.2, 0.25) is 0 Å². The number of rotatable bonds is 3. The summed E-state index contributed by atoms with van der Waals surface area (Å²) < 4.78 is 26.8. The number of pyridine rings is 2. The van der Waals surface area contributed by atoms with E-state index >= 15 is 0 Å². The van der Waals surface area contributed by atoms with Gasteiger partial charge in [-0.15, -0.1) is 0 Å². The van der Waals surface area contributed by atoms with Gasteiger partial charge in [-0.2, -0.15) is 5.10 Å². The summed E-state index contributed by atoms with van der Waals surface area (Å²) in [7, 11) is 0. The molecule has 1 aliphatic rings. The second-order valence-corrected chi connectivity index (χ2v) is 6.65. The summed E-state index contributed by atoms with van der Waals surface area (Å²) in [6, 6.07) is 9.14. The van der Waals surface area contributed by atoms with E-state index in [0.29, 0.717) is 36.4 Å². The van der Waals surface area contributed by atoms with E-state index in [-0.39, 0.29) is 0 Å². The van der Waals surface area contributed by atoms with Crippen LogP contribution in [0.3, 0.4) is 0 Å². The molecule has 0 spiro atoms. The third-order valence-electron chi connectivity index (χ3n) is 4.80. The standard InChI is InChI=1S/C19H16F2N6/c20-12-4-6-27(10-12)19-15-2-1-14(7-11(15)3-5-22-19)24-18-17-16(25-26-18)8-13(21)9-23-17/h1-3,5,7-9,12H,4,6,10H2,(H2,24,25,26)/t12-/m1/s1. The number of aromatic amines is 1. The van der Waals surface area contributed by atoms with E-state index in [9.17, 15) is 8.78 Å². The van der Waals surface area contributed by atoms with Crippen LogP contribution in [-0.4, -0.2) is 39.4 Å². The van der Waals surface area contributed by atoms with Crippen molar-refractivity contribution in [3.63, 3.8) is 0 Å². The molecular weight excluding hydrogens is 350 g/mol. The van der Waals surface area contributed by atoms with E-state index in [4.69, 9.17) is 0 Å². The molecule has 6 nitrogen and oxygen atoms in total. The summed E-state index contributed by atoms with van der Waals surface area (Å²) >= 11 is 0. The Kier molecular flexibility index (Phi) is 3.63. The lowest BCUT2D eigenvalue weighted by Crippen LogP contribution is -2.21. The van der Waals surface area contributed by atoms with Crippen LogP contribution in [0.4, 0.5) is 26.1 Å². The molecule has 27 heavy (non-hydrogen) atoms. The van der Waals surface area contributed by atoms with E-state index in [1.807, 2.05) is 29.2 Å². The van der Waals surface area contributed by atoms with Crippen molar-refractivity contribution in [3.05, 3.63) is 48.5 Å². The van der Waals surface area contributed by atoms with E-state index < -0.39 is 12.0 Å². The first kappa shape index (κ1) is 15.9. The number of H-pyrrole nitrogens is 1. The number of alkyl halides is 1. The molecule has 8 heteroatoms. The first-order valence-corrected chi connectivity index (χ1v) is 8.72. The van der Waals surface area contributed by atoms with Gasteiger partial charge in [0.05, 0.1) is 18.3 Å². The molecule has 0 aliphatic carbocycles. The number of nitrogens with zero attached hydrogens (tertiary/aromatic N) is 4. The van der Waals surface area contributed by atoms with Gasteiger partial charge in [0.15, 0.2) is 5.82 Å². The van der Waals surface area contributed by atoms with Gasteiger partial charge in [-0.25, -0.2) is 18.7 Å². The lowest BCUT2D eigenvalue weighted by atomic mass is 10.1. The van der Waals surface area contributed by atoms with Crippen molar-refractivity contribution in [2.24, 2.45) is 0 Å². The number of fused-ring (bicyclic) bond motifs is 2. The van der Waals surface area contributed by atoms with Crippen molar-refractivity contribution in [1.29, 1.82) is 0 Å². The summed E-state index contributed by atoms with van der Waals surface area (Å²) in [5.74, 6) is 0.917. The Labute approximate surface area is 153 Å². The molecule has 136 valence electrons. The predicted molar refractivity (Wildman–Crippen MR) is 101 cm³/mol. The molecule has 1 aromatic carbocycles. The molecule has 3 aromatic heterocycles. The Hall–Kier alpha value is -3.29. The SMILES string of the molecule is Fc1cnc2c(Nc3ccc4c(N5CC[C@@H](F)C5)nccc4c3)n[nH]c2c1. The minimum absolute atomic E-state index is 0.383. The molecule has 0 saturated carbocycles. The quantitative estimate of drug-likeness (QED) is 0.575. The molecular formula is C19H16F2N6. The van der Waals surface area contributed by atoms with Crippen LogP contribution in [0.1, 0.15) is 6.42 Å². The average molecular weight is 366 g/mol. The van der Waals surface area contributed by atoms with Gasteiger partial charge in [0, 0.05) is 29.9 Å². The van der Waals surface area contributed by atoms with Gasteiger partial charge in [0.25, 0.3) is 0 Å². The zero-order chi connectivity index (χ0) is 18.4. The summed E-state index contributed by atoms with van der Waals surface area (Å²) in [6.07, 6.45) is 2.64. The van der Waals surface area contributed by atoms with Gasteiger partial charge in [-0.05, 0) is 36.1 Å². The molecule has 1 saturated heterocycles.